The van der Waals surface area contributed by atoms with Crippen LogP contribution in [0.3, 0.4) is 0 Å². The monoisotopic (exact) mass is 464 g/mol. The lowest BCUT2D eigenvalue weighted by Crippen LogP contribution is -2.39. The van der Waals surface area contributed by atoms with Gasteiger partial charge in [0.05, 0.1) is 35.4 Å². The second kappa shape index (κ2) is 9.47. The number of rotatable bonds is 6. The van der Waals surface area contributed by atoms with Gasteiger partial charge < -0.3 is 9.64 Å². The molecule has 0 radical (unpaired) electrons. The summed E-state index contributed by atoms with van der Waals surface area (Å²) in [6.07, 6.45) is 15.9. The predicted octanol–water partition coefficient (Wildman–Crippen LogP) is 3.65. The molecule has 1 saturated heterocycles. The van der Waals surface area contributed by atoms with Gasteiger partial charge in [0.2, 0.25) is 0 Å². The number of fused-ring (bicyclic) bond motifs is 2. The van der Waals surface area contributed by atoms with Crippen molar-refractivity contribution < 1.29 is 4.74 Å². The number of ether oxygens (including phenoxy) is 1. The van der Waals surface area contributed by atoms with Gasteiger partial charge in [0.15, 0.2) is 0 Å². The van der Waals surface area contributed by atoms with Crippen LogP contribution < -0.4 is 0 Å². The van der Waals surface area contributed by atoms with Crippen LogP contribution in [0.5, 0.6) is 0 Å². The Morgan fingerprint density at radius 1 is 1.20 bits per heavy atom. The minimum atomic E-state index is -0.185. The van der Waals surface area contributed by atoms with Gasteiger partial charge in [-0.25, -0.2) is 9.98 Å². The Hall–Kier alpha value is -3.76. The Morgan fingerprint density at radius 3 is 2.94 bits per heavy atom. The van der Waals surface area contributed by atoms with E-state index in [0.717, 1.165) is 61.0 Å². The lowest BCUT2D eigenvalue weighted by Gasteiger charge is -2.37. The summed E-state index contributed by atoms with van der Waals surface area (Å²) in [5.74, 6) is 7.76. The molecule has 7 nitrogen and oxygen atoms in total. The Labute approximate surface area is 205 Å². The molecule has 4 aliphatic rings. The summed E-state index contributed by atoms with van der Waals surface area (Å²) in [5, 5.41) is 0. The van der Waals surface area contributed by atoms with Crippen molar-refractivity contribution in [1.29, 1.82) is 0 Å². The van der Waals surface area contributed by atoms with Crippen molar-refractivity contribution in [3.8, 4) is 11.8 Å². The first-order valence-corrected chi connectivity index (χ1v) is 12.3. The highest BCUT2D eigenvalue weighted by Crippen LogP contribution is 2.32. The molecule has 0 spiro atoms. The highest BCUT2D eigenvalue weighted by Gasteiger charge is 2.30. The quantitative estimate of drug-likeness (QED) is 0.484. The van der Waals surface area contributed by atoms with Crippen LogP contribution in [0.1, 0.15) is 36.3 Å². The topological polar surface area (TPSA) is 67.9 Å². The summed E-state index contributed by atoms with van der Waals surface area (Å²) in [5.41, 5.74) is 5.13. The van der Waals surface area contributed by atoms with E-state index in [1.54, 1.807) is 6.20 Å². The maximum absolute atomic E-state index is 5.99. The molecular weight excluding hydrogens is 436 g/mol. The minimum absolute atomic E-state index is 0.185. The Balaban J connectivity index is 1.20. The maximum atomic E-state index is 5.99. The molecule has 2 atom stereocenters. The molecule has 4 heterocycles. The van der Waals surface area contributed by atoms with Crippen molar-refractivity contribution in [2.75, 3.05) is 13.1 Å². The number of hydrogen-bond acceptors (Lipinski definition) is 6. The van der Waals surface area contributed by atoms with E-state index in [9.17, 15) is 0 Å². The molecule has 2 aromatic heterocycles. The molecule has 6 rings (SSSR count). The van der Waals surface area contributed by atoms with Crippen LogP contribution >= 0.6 is 0 Å². The summed E-state index contributed by atoms with van der Waals surface area (Å²) < 4.78 is 8.02. The van der Waals surface area contributed by atoms with Gasteiger partial charge in [-0.2, -0.15) is 0 Å². The number of pyridine rings is 1. The van der Waals surface area contributed by atoms with Gasteiger partial charge in [0.25, 0.3) is 0 Å². The molecule has 35 heavy (non-hydrogen) atoms. The second-order valence-electron chi connectivity index (χ2n) is 9.24. The number of hydrogen-bond donors (Lipinski definition) is 0. The van der Waals surface area contributed by atoms with Crippen LogP contribution in [0.25, 0.3) is 5.82 Å². The zero-order valence-corrected chi connectivity index (χ0v) is 19.7. The van der Waals surface area contributed by atoms with E-state index in [-0.39, 0.29) is 6.10 Å². The molecule has 2 aromatic rings. The standard InChI is InChI=1S/C28H28N6O/c1-29-21-12-15-33(16-13-21)26-7-4-5-20-8-11-27(32-28(20)26)34-19-31-24-17-23(9-10-25(24)34)35-18-22-6-2-3-14-30-22/h2-7,11,14,19-21,23H,1,8,12-13,15-18H2. The third-order valence-electron chi connectivity index (χ3n) is 7.04. The van der Waals surface area contributed by atoms with Crippen molar-refractivity contribution >= 4 is 18.3 Å². The highest BCUT2D eigenvalue weighted by atomic mass is 16.5. The predicted molar refractivity (Wildman–Crippen MR) is 137 cm³/mol. The lowest BCUT2D eigenvalue weighted by atomic mass is 9.89. The summed E-state index contributed by atoms with van der Waals surface area (Å²) in [6, 6.07) is 6.20. The van der Waals surface area contributed by atoms with E-state index in [1.807, 2.05) is 29.1 Å². The molecule has 1 fully saturated rings. The summed E-state index contributed by atoms with van der Waals surface area (Å²) in [7, 11) is 0. The van der Waals surface area contributed by atoms with Gasteiger partial charge in [0.1, 0.15) is 23.9 Å². The zero-order chi connectivity index (χ0) is 23.6. The largest absolute Gasteiger partial charge is 0.370 e. The molecule has 0 aromatic carbocycles. The first kappa shape index (κ1) is 21.8. The van der Waals surface area contributed by atoms with Gasteiger partial charge in [-0.3, -0.25) is 14.5 Å². The Kier molecular flexibility index (Phi) is 5.89. The van der Waals surface area contributed by atoms with Gasteiger partial charge in [-0.15, -0.1) is 0 Å². The third-order valence-corrected chi connectivity index (χ3v) is 7.04. The van der Waals surface area contributed by atoms with Gasteiger partial charge in [-0.05, 0) is 56.2 Å². The Bertz CT molecular complexity index is 1300. The summed E-state index contributed by atoms with van der Waals surface area (Å²) in [6.45, 7) is 6.15. The molecule has 7 heteroatoms. The fraction of sp³-hybridized carbons (Fsp3) is 0.357. The smallest absolute Gasteiger partial charge is 0.135 e. The fourth-order valence-electron chi connectivity index (χ4n) is 5.07. The number of aromatic nitrogens is 3. The molecule has 0 amide bonds. The van der Waals surface area contributed by atoms with Crippen molar-refractivity contribution in [2.45, 2.75) is 44.4 Å². The third kappa shape index (κ3) is 4.38. The van der Waals surface area contributed by atoms with E-state index in [2.05, 4.69) is 62.7 Å². The van der Waals surface area contributed by atoms with E-state index in [1.165, 1.54) is 5.70 Å². The van der Waals surface area contributed by atoms with Crippen molar-refractivity contribution in [1.82, 2.24) is 19.4 Å². The average molecular weight is 465 g/mol. The van der Waals surface area contributed by atoms with Crippen molar-refractivity contribution in [2.24, 2.45) is 15.9 Å². The highest BCUT2D eigenvalue weighted by molar-refractivity contribution is 6.06. The maximum Gasteiger partial charge on any atom is 0.135 e. The van der Waals surface area contributed by atoms with Crippen LogP contribution in [-0.2, 0) is 17.8 Å². The summed E-state index contributed by atoms with van der Waals surface area (Å²) >= 11 is 0. The van der Waals surface area contributed by atoms with Crippen LogP contribution in [0, 0.1) is 17.8 Å². The van der Waals surface area contributed by atoms with E-state index in [0.29, 0.717) is 25.0 Å². The van der Waals surface area contributed by atoms with Gasteiger partial charge in [0, 0.05) is 31.6 Å². The van der Waals surface area contributed by atoms with Crippen molar-refractivity contribution in [3.05, 3.63) is 77.8 Å². The fourth-order valence-corrected chi connectivity index (χ4v) is 5.07. The number of nitrogens with zero attached hydrogens (tertiary/aromatic N) is 6. The van der Waals surface area contributed by atoms with E-state index in [4.69, 9.17) is 9.73 Å². The number of likely N-dealkylation sites (tertiary alicyclic amines) is 1. The Morgan fingerprint density at radius 2 is 2.11 bits per heavy atom. The zero-order valence-electron chi connectivity index (χ0n) is 19.7. The van der Waals surface area contributed by atoms with Crippen LogP contribution in [0.2, 0.25) is 0 Å². The van der Waals surface area contributed by atoms with Gasteiger partial charge >= 0.3 is 0 Å². The molecule has 2 unspecified atom stereocenters. The minimum Gasteiger partial charge on any atom is -0.370 e. The molecular formula is C28H28N6O. The number of allylic oxidation sites excluding steroid dienone is 5. The molecule has 176 valence electrons. The SMILES string of the molecule is C=NC1CCN(C2=CC=CC3CC=C(n4cnc5c4C#CC(OCc4ccccn4)C5)N=C23)CC1. The molecule has 2 aliphatic heterocycles. The van der Waals surface area contributed by atoms with Gasteiger partial charge in [-0.1, -0.05) is 24.1 Å². The lowest BCUT2D eigenvalue weighted by molar-refractivity contribution is 0.0750. The van der Waals surface area contributed by atoms with Crippen LogP contribution in [0.15, 0.2) is 70.7 Å². The van der Waals surface area contributed by atoms with E-state index < -0.39 is 0 Å². The second-order valence-corrected chi connectivity index (χ2v) is 9.24. The van der Waals surface area contributed by atoms with Crippen molar-refractivity contribution in [3.63, 3.8) is 0 Å². The molecule has 0 N–H and O–H groups in total. The normalized spacial score (nSPS) is 23.3. The molecule has 2 aliphatic carbocycles. The first-order chi connectivity index (χ1) is 17.3. The average Bonchev–Trinajstić information content (AvgIpc) is 3.35. The van der Waals surface area contributed by atoms with E-state index >= 15 is 0 Å². The number of imidazole rings is 1. The molecule has 0 bridgehead atoms. The summed E-state index contributed by atoms with van der Waals surface area (Å²) in [4.78, 5) is 20.8. The first-order valence-electron chi connectivity index (χ1n) is 12.3. The number of aliphatic imine (C=N–C) groups is 2. The van der Waals surface area contributed by atoms with Crippen LogP contribution in [0.4, 0.5) is 0 Å². The number of piperidine rings is 1. The van der Waals surface area contributed by atoms with Crippen LogP contribution in [-0.4, -0.2) is 57.1 Å². The molecule has 0 saturated carbocycles.